The van der Waals surface area contributed by atoms with Crippen LogP contribution in [-0.2, 0) is 23.9 Å². The predicted octanol–water partition coefficient (Wildman–Crippen LogP) is 3.91. The lowest BCUT2D eigenvalue weighted by atomic mass is 10.0. The third-order valence-electron chi connectivity index (χ3n) is 3.83. The molecule has 0 bridgehead atoms. The molecule has 3 aromatic rings. The van der Waals surface area contributed by atoms with E-state index in [1.54, 1.807) is 7.05 Å². The second kappa shape index (κ2) is 6.79. The van der Waals surface area contributed by atoms with Crippen molar-refractivity contribution in [2.45, 2.75) is 19.1 Å². The summed E-state index contributed by atoms with van der Waals surface area (Å²) in [6.45, 7) is 0.292. The fourth-order valence-corrected chi connectivity index (χ4v) is 3.05. The Hall–Kier alpha value is -2.48. The van der Waals surface area contributed by atoms with E-state index in [-0.39, 0.29) is 17.9 Å². The number of rotatable bonds is 4. The summed E-state index contributed by atoms with van der Waals surface area (Å²) in [6, 6.07) is 10.6. The maximum atomic E-state index is 13.0. The van der Waals surface area contributed by atoms with Gasteiger partial charge in [-0.3, -0.25) is 4.79 Å². The maximum absolute atomic E-state index is 13.0. The van der Waals surface area contributed by atoms with Gasteiger partial charge in [-0.1, -0.05) is 24.3 Å². The molecule has 0 unspecified atom stereocenters. The van der Waals surface area contributed by atoms with Gasteiger partial charge in [-0.25, -0.2) is 0 Å². The zero-order valence-electron chi connectivity index (χ0n) is 13.2. The van der Waals surface area contributed by atoms with Crippen LogP contribution < -0.4 is 0 Å². The van der Waals surface area contributed by atoms with Gasteiger partial charge in [0.15, 0.2) is 0 Å². The summed E-state index contributed by atoms with van der Waals surface area (Å²) in [5.74, 6) is -0.381. The average Bonchev–Trinajstić information content (AvgIpc) is 3.02. The number of carbonyl (C=O) groups excluding carboxylic acids is 1. The summed E-state index contributed by atoms with van der Waals surface area (Å²) in [6.07, 6.45) is -4.77. The van der Waals surface area contributed by atoms with E-state index in [0.717, 1.165) is 34.4 Å². The Morgan fingerprint density at radius 3 is 2.60 bits per heavy atom. The van der Waals surface area contributed by atoms with Crippen LogP contribution in [0.5, 0.6) is 0 Å². The van der Waals surface area contributed by atoms with Gasteiger partial charge in [0, 0.05) is 13.6 Å². The molecule has 0 N–H and O–H groups in total. The standard InChI is InChI=1S/C17H14F3N3OS/c1-23(10-11-6-7-14-15(8-11)22-25-21-14)16(24)9-12-4-2-3-5-13(12)17(18,19)20/h2-8H,9-10H2,1H3. The molecule has 1 heterocycles. The average molecular weight is 365 g/mol. The van der Waals surface area contributed by atoms with Crippen LogP contribution >= 0.6 is 11.7 Å². The first kappa shape index (κ1) is 17.3. The van der Waals surface area contributed by atoms with Crippen LogP contribution in [0.15, 0.2) is 42.5 Å². The van der Waals surface area contributed by atoms with Crippen LogP contribution in [0.1, 0.15) is 16.7 Å². The van der Waals surface area contributed by atoms with Gasteiger partial charge in [-0.05, 0) is 29.3 Å². The van der Waals surface area contributed by atoms with Crippen molar-refractivity contribution in [2.24, 2.45) is 0 Å². The Morgan fingerprint density at radius 1 is 1.12 bits per heavy atom. The number of alkyl halides is 3. The van der Waals surface area contributed by atoms with Gasteiger partial charge in [-0.2, -0.15) is 21.9 Å². The SMILES string of the molecule is CN(Cc1ccc2nsnc2c1)C(=O)Cc1ccccc1C(F)(F)F. The number of aromatic nitrogens is 2. The van der Waals surface area contributed by atoms with E-state index in [1.807, 2.05) is 18.2 Å². The van der Waals surface area contributed by atoms with Crippen LogP contribution in [0.3, 0.4) is 0 Å². The van der Waals surface area contributed by atoms with Gasteiger partial charge in [0.25, 0.3) is 0 Å². The number of nitrogens with zero attached hydrogens (tertiary/aromatic N) is 3. The molecule has 2 aromatic carbocycles. The Balaban J connectivity index is 1.73. The van der Waals surface area contributed by atoms with E-state index < -0.39 is 11.7 Å². The monoisotopic (exact) mass is 365 g/mol. The zero-order chi connectivity index (χ0) is 18.0. The minimum absolute atomic E-state index is 0.0222. The molecule has 0 aliphatic heterocycles. The zero-order valence-corrected chi connectivity index (χ0v) is 14.1. The van der Waals surface area contributed by atoms with Gasteiger partial charge in [0.05, 0.1) is 23.7 Å². The van der Waals surface area contributed by atoms with E-state index in [2.05, 4.69) is 8.75 Å². The van der Waals surface area contributed by atoms with Crippen molar-refractivity contribution in [1.82, 2.24) is 13.6 Å². The fraction of sp³-hybridized carbons (Fsp3) is 0.235. The van der Waals surface area contributed by atoms with E-state index in [4.69, 9.17) is 0 Å². The van der Waals surface area contributed by atoms with Crippen LogP contribution in [0.2, 0.25) is 0 Å². The number of carbonyl (C=O) groups is 1. The van der Waals surface area contributed by atoms with Crippen molar-refractivity contribution in [1.29, 1.82) is 0 Å². The van der Waals surface area contributed by atoms with Gasteiger partial charge < -0.3 is 4.90 Å². The summed E-state index contributed by atoms with van der Waals surface area (Å²) in [4.78, 5) is 13.8. The first-order valence-electron chi connectivity index (χ1n) is 7.45. The number of halogens is 3. The number of benzene rings is 2. The lowest BCUT2D eigenvalue weighted by Crippen LogP contribution is -2.28. The lowest BCUT2D eigenvalue weighted by molar-refractivity contribution is -0.138. The van der Waals surface area contributed by atoms with Crippen molar-refractivity contribution in [3.63, 3.8) is 0 Å². The minimum atomic E-state index is -4.47. The van der Waals surface area contributed by atoms with Crippen LogP contribution in [0.4, 0.5) is 13.2 Å². The molecule has 0 fully saturated rings. The van der Waals surface area contributed by atoms with Crippen LogP contribution in [-0.4, -0.2) is 26.6 Å². The molecule has 0 radical (unpaired) electrons. The van der Waals surface area contributed by atoms with Crippen molar-refractivity contribution < 1.29 is 18.0 Å². The van der Waals surface area contributed by atoms with Crippen molar-refractivity contribution >= 4 is 28.7 Å². The Bertz CT molecular complexity index is 907. The number of amides is 1. The molecule has 0 atom stereocenters. The third-order valence-corrected chi connectivity index (χ3v) is 4.38. The predicted molar refractivity (Wildman–Crippen MR) is 89.0 cm³/mol. The molecule has 0 saturated heterocycles. The summed E-state index contributed by atoms with van der Waals surface area (Å²) in [7, 11) is 1.57. The Labute approximate surface area is 146 Å². The second-order valence-corrected chi connectivity index (χ2v) is 6.20. The molecule has 3 rings (SSSR count). The minimum Gasteiger partial charge on any atom is -0.341 e. The number of likely N-dealkylation sites (N-methyl/N-ethyl adjacent to an activating group) is 1. The Morgan fingerprint density at radius 2 is 1.84 bits per heavy atom. The molecule has 130 valence electrons. The lowest BCUT2D eigenvalue weighted by Gasteiger charge is -2.19. The summed E-state index contributed by atoms with van der Waals surface area (Å²) >= 11 is 1.11. The van der Waals surface area contributed by atoms with Crippen molar-refractivity contribution in [3.8, 4) is 0 Å². The van der Waals surface area contributed by atoms with E-state index in [0.29, 0.717) is 6.54 Å². The highest BCUT2D eigenvalue weighted by atomic mass is 32.1. The highest BCUT2D eigenvalue weighted by Crippen LogP contribution is 2.32. The normalized spacial score (nSPS) is 11.7. The summed E-state index contributed by atoms with van der Waals surface area (Å²) < 4.78 is 47.3. The van der Waals surface area contributed by atoms with E-state index >= 15 is 0 Å². The molecule has 0 spiro atoms. The van der Waals surface area contributed by atoms with E-state index in [1.165, 1.54) is 23.1 Å². The molecule has 0 aliphatic carbocycles. The highest BCUT2D eigenvalue weighted by Gasteiger charge is 2.33. The molecule has 8 heteroatoms. The van der Waals surface area contributed by atoms with Gasteiger partial charge in [0.1, 0.15) is 11.0 Å². The molecule has 1 amide bonds. The summed E-state index contributed by atoms with van der Waals surface area (Å²) in [5, 5.41) is 0. The van der Waals surface area contributed by atoms with Crippen molar-refractivity contribution in [3.05, 3.63) is 59.2 Å². The molecule has 4 nitrogen and oxygen atoms in total. The highest BCUT2D eigenvalue weighted by molar-refractivity contribution is 7.00. The number of hydrogen-bond acceptors (Lipinski definition) is 4. The van der Waals surface area contributed by atoms with Crippen molar-refractivity contribution in [2.75, 3.05) is 7.05 Å². The molecule has 0 saturated carbocycles. The fourth-order valence-electron chi connectivity index (χ4n) is 2.54. The molecule has 0 aliphatic rings. The first-order valence-corrected chi connectivity index (χ1v) is 8.18. The molecule has 1 aromatic heterocycles. The molecule has 25 heavy (non-hydrogen) atoms. The van der Waals surface area contributed by atoms with Gasteiger partial charge in [0.2, 0.25) is 5.91 Å². The van der Waals surface area contributed by atoms with Crippen LogP contribution in [0.25, 0.3) is 11.0 Å². The quantitative estimate of drug-likeness (QED) is 0.704. The second-order valence-electron chi connectivity index (χ2n) is 5.67. The van der Waals surface area contributed by atoms with Crippen LogP contribution in [0, 0.1) is 0 Å². The smallest absolute Gasteiger partial charge is 0.341 e. The van der Waals surface area contributed by atoms with Gasteiger partial charge in [-0.15, -0.1) is 0 Å². The maximum Gasteiger partial charge on any atom is 0.416 e. The number of fused-ring (bicyclic) bond motifs is 1. The first-order chi connectivity index (χ1) is 11.8. The molecular formula is C17H14F3N3OS. The number of hydrogen-bond donors (Lipinski definition) is 0. The molecular weight excluding hydrogens is 351 g/mol. The largest absolute Gasteiger partial charge is 0.416 e. The Kier molecular flexibility index (Phi) is 4.71. The topological polar surface area (TPSA) is 46.1 Å². The summed E-state index contributed by atoms with van der Waals surface area (Å²) in [5.41, 5.74) is 1.57. The third kappa shape index (κ3) is 3.96. The van der Waals surface area contributed by atoms with Gasteiger partial charge >= 0.3 is 6.18 Å². The van der Waals surface area contributed by atoms with E-state index in [9.17, 15) is 18.0 Å².